The summed E-state index contributed by atoms with van der Waals surface area (Å²) < 4.78 is 0. The maximum atomic E-state index is 11.3. The van der Waals surface area contributed by atoms with Crippen LogP contribution in [0.5, 0.6) is 0 Å². The molecular weight excluding hydrogens is 230 g/mol. The summed E-state index contributed by atoms with van der Waals surface area (Å²) in [4.78, 5) is 13.1. The molecule has 1 aromatic rings. The summed E-state index contributed by atoms with van der Waals surface area (Å²) in [7, 11) is 0. The lowest BCUT2D eigenvalue weighted by Crippen LogP contribution is -2.47. The van der Waals surface area contributed by atoms with Crippen molar-refractivity contribution < 1.29 is 15.0 Å². The number of β-amino-alcohol motifs (C(OH)–C–C–N with tert-alkyl or cyclic N) is 1. The van der Waals surface area contributed by atoms with Crippen LogP contribution in [-0.4, -0.2) is 34.4 Å². The zero-order chi connectivity index (χ0) is 13.3. The van der Waals surface area contributed by atoms with Crippen molar-refractivity contribution in [3.63, 3.8) is 0 Å². The third-order valence-corrected chi connectivity index (χ3v) is 3.65. The van der Waals surface area contributed by atoms with Crippen molar-refractivity contribution in [2.24, 2.45) is 0 Å². The van der Waals surface area contributed by atoms with Gasteiger partial charge in [0, 0.05) is 18.7 Å². The van der Waals surface area contributed by atoms with Crippen LogP contribution in [0.2, 0.25) is 0 Å². The summed E-state index contributed by atoms with van der Waals surface area (Å²) in [5, 5.41) is 19.5. The van der Waals surface area contributed by atoms with Crippen LogP contribution in [-0.2, 0) is 11.2 Å². The van der Waals surface area contributed by atoms with E-state index in [0.29, 0.717) is 19.4 Å². The minimum absolute atomic E-state index is 0.345. The Morgan fingerprint density at radius 1 is 1.50 bits per heavy atom. The van der Waals surface area contributed by atoms with Crippen LogP contribution in [0.25, 0.3) is 0 Å². The van der Waals surface area contributed by atoms with Gasteiger partial charge in [0.2, 0.25) is 0 Å². The van der Waals surface area contributed by atoms with Crippen molar-refractivity contribution in [1.29, 1.82) is 0 Å². The van der Waals surface area contributed by atoms with E-state index in [1.807, 2.05) is 31.2 Å². The number of fused-ring (bicyclic) bond motifs is 1. The maximum absolute atomic E-state index is 11.3. The van der Waals surface area contributed by atoms with Gasteiger partial charge < -0.3 is 15.1 Å². The molecule has 2 unspecified atom stereocenters. The second-order valence-corrected chi connectivity index (χ2v) is 5.17. The number of aliphatic hydroxyl groups is 1. The molecule has 0 saturated heterocycles. The van der Waals surface area contributed by atoms with Crippen LogP contribution in [0.1, 0.15) is 25.8 Å². The standard InChI is InChI=1S/C14H19NO3/c1-3-14(2,18)9-15-11-7-5-4-6-10(11)8-12(15)13(16)17/h4-7,12,18H,3,8-9H2,1-2H3,(H,16,17). The first kappa shape index (κ1) is 12.9. The number of hydrogen-bond acceptors (Lipinski definition) is 3. The average molecular weight is 249 g/mol. The number of benzene rings is 1. The van der Waals surface area contributed by atoms with Gasteiger partial charge in [-0.15, -0.1) is 0 Å². The SMILES string of the molecule is CCC(C)(O)CN1c2ccccc2CC1C(=O)O. The number of nitrogens with zero attached hydrogens (tertiary/aromatic N) is 1. The monoisotopic (exact) mass is 249 g/mol. The smallest absolute Gasteiger partial charge is 0.326 e. The Morgan fingerprint density at radius 3 is 2.78 bits per heavy atom. The van der Waals surface area contributed by atoms with E-state index >= 15 is 0 Å². The molecular formula is C14H19NO3. The molecule has 0 amide bonds. The molecule has 1 aliphatic rings. The topological polar surface area (TPSA) is 60.8 Å². The third-order valence-electron chi connectivity index (χ3n) is 3.65. The number of anilines is 1. The third kappa shape index (κ3) is 2.34. The first-order valence-corrected chi connectivity index (χ1v) is 6.24. The van der Waals surface area contributed by atoms with E-state index in [2.05, 4.69) is 0 Å². The number of hydrogen-bond donors (Lipinski definition) is 2. The summed E-state index contributed by atoms with van der Waals surface area (Å²) in [6.45, 7) is 3.99. The predicted octanol–water partition coefficient (Wildman–Crippen LogP) is 1.66. The number of aliphatic carboxylic acids is 1. The molecule has 0 spiro atoms. The molecule has 1 heterocycles. The number of rotatable bonds is 4. The molecule has 4 heteroatoms. The zero-order valence-electron chi connectivity index (χ0n) is 10.8. The molecule has 1 aliphatic heterocycles. The fourth-order valence-corrected chi connectivity index (χ4v) is 2.34. The van der Waals surface area contributed by atoms with Crippen molar-refractivity contribution in [1.82, 2.24) is 0 Å². The van der Waals surface area contributed by atoms with Gasteiger partial charge in [-0.3, -0.25) is 0 Å². The molecule has 2 atom stereocenters. The first-order chi connectivity index (χ1) is 8.44. The molecule has 1 aromatic carbocycles. The van der Waals surface area contributed by atoms with Gasteiger partial charge in [0.05, 0.1) is 5.60 Å². The Labute approximate surface area is 107 Å². The fraction of sp³-hybridized carbons (Fsp3) is 0.500. The summed E-state index contributed by atoms with van der Waals surface area (Å²) in [5.41, 5.74) is 1.10. The highest BCUT2D eigenvalue weighted by atomic mass is 16.4. The molecule has 18 heavy (non-hydrogen) atoms. The molecule has 2 rings (SSSR count). The lowest BCUT2D eigenvalue weighted by atomic mass is 10.0. The second-order valence-electron chi connectivity index (χ2n) is 5.17. The van der Waals surface area contributed by atoms with Crippen LogP contribution in [0.15, 0.2) is 24.3 Å². The molecule has 0 bridgehead atoms. The highest BCUT2D eigenvalue weighted by molar-refractivity contribution is 5.82. The van der Waals surface area contributed by atoms with Gasteiger partial charge >= 0.3 is 5.97 Å². The maximum Gasteiger partial charge on any atom is 0.326 e. The Hall–Kier alpha value is -1.55. The van der Waals surface area contributed by atoms with Crippen molar-refractivity contribution in [3.8, 4) is 0 Å². The minimum Gasteiger partial charge on any atom is -0.480 e. The minimum atomic E-state index is -0.870. The van der Waals surface area contributed by atoms with Crippen molar-refractivity contribution in [2.75, 3.05) is 11.4 Å². The predicted molar refractivity (Wildman–Crippen MR) is 69.8 cm³/mol. The van der Waals surface area contributed by atoms with E-state index in [9.17, 15) is 15.0 Å². The first-order valence-electron chi connectivity index (χ1n) is 6.24. The molecule has 0 radical (unpaired) electrons. The molecule has 4 nitrogen and oxygen atoms in total. The van der Waals surface area contributed by atoms with Crippen LogP contribution in [0.4, 0.5) is 5.69 Å². The van der Waals surface area contributed by atoms with Crippen molar-refractivity contribution in [2.45, 2.75) is 38.3 Å². The zero-order valence-corrected chi connectivity index (χ0v) is 10.8. The lowest BCUT2D eigenvalue weighted by molar-refractivity contribution is -0.138. The Morgan fingerprint density at radius 2 is 2.17 bits per heavy atom. The molecule has 0 fully saturated rings. The summed E-state index contributed by atoms with van der Waals surface area (Å²) in [6, 6.07) is 7.12. The average Bonchev–Trinajstić information content (AvgIpc) is 2.68. The Bertz CT molecular complexity index is 456. The lowest BCUT2D eigenvalue weighted by Gasteiger charge is -2.32. The Kier molecular flexibility index (Phi) is 3.30. The fourth-order valence-electron chi connectivity index (χ4n) is 2.34. The van der Waals surface area contributed by atoms with E-state index in [4.69, 9.17) is 0 Å². The summed E-state index contributed by atoms with van der Waals surface area (Å²) >= 11 is 0. The molecule has 0 aromatic heterocycles. The quantitative estimate of drug-likeness (QED) is 0.852. The van der Waals surface area contributed by atoms with Gasteiger partial charge in [-0.2, -0.15) is 0 Å². The largest absolute Gasteiger partial charge is 0.480 e. The summed E-state index contributed by atoms with van der Waals surface area (Å²) in [6.07, 6.45) is 1.10. The number of carboxylic acid groups (broad SMARTS) is 1. The van der Waals surface area contributed by atoms with E-state index in [0.717, 1.165) is 11.3 Å². The number of carbonyl (C=O) groups is 1. The molecule has 0 aliphatic carbocycles. The molecule has 0 saturated carbocycles. The van der Waals surface area contributed by atoms with Gasteiger partial charge in [-0.1, -0.05) is 25.1 Å². The van der Waals surface area contributed by atoms with Crippen LogP contribution in [0.3, 0.4) is 0 Å². The normalized spacial score (nSPS) is 21.5. The van der Waals surface area contributed by atoms with Crippen molar-refractivity contribution in [3.05, 3.63) is 29.8 Å². The van der Waals surface area contributed by atoms with Crippen molar-refractivity contribution >= 4 is 11.7 Å². The van der Waals surface area contributed by atoms with E-state index in [1.54, 1.807) is 11.8 Å². The van der Waals surface area contributed by atoms with Crippen LogP contribution < -0.4 is 4.90 Å². The van der Waals surface area contributed by atoms with Gasteiger partial charge in [0.1, 0.15) is 6.04 Å². The summed E-state index contributed by atoms with van der Waals surface area (Å²) in [5.74, 6) is -0.835. The van der Waals surface area contributed by atoms with E-state index in [-0.39, 0.29) is 0 Å². The van der Waals surface area contributed by atoms with Gasteiger partial charge in [0.25, 0.3) is 0 Å². The number of para-hydroxylation sites is 1. The Balaban J connectivity index is 2.32. The van der Waals surface area contributed by atoms with Gasteiger partial charge in [0.15, 0.2) is 0 Å². The van der Waals surface area contributed by atoms with Crippen LogP contribution in [0, 0.1) is 0 Å². The van der Waals surface area contributed by atoms with Crippen LogP contribution >= 0.6 is 0 Å². The molecule has 98 valence electrons. The second kappa shape index (κ2) is 4.61. The van der Waals surface area contributed by atoms with Gasteiger partial charge in [-0.25, -0.2) is 4.79 Å². The van der Waals surface area contributed by atoms with E-state index < -0.39 is 17.6 Å². The number of carboxylic acids is 1. The van der Waals surface area contributed by atoms with Gasteiger partial charge in [-0.05, 0) is 25.0 Å². The highest BCUT2D eigenvalue weighted by Gasteiger charge is 2.37. The molecule has 2 N–H and O–H groups in total. The van der Waals surface area contributed by atoms with E-state index in [1.165, 1.54) is 0 Å². The highest BCUT2D eigenvalue weighted by Crippen LogP contribution is 2.33.